The van der Waals surface area contributed by atoms with Crippen molar-refractivity contribution in [1.82, 2.24) is 15.1 Å². The lowest BCUT2D eigenvalue weighted by molar-refractivity contribution is 0.492. The molecule has 1 aromatic heterocycles. The minimum atomic E-state index is -0.813. The van der Waals surface area contributed by atoms with E-state index >= 15 is 0 Å². The maximum Gasteiger partial charge on any atom is 0.163 e. The molecule has 2 aromatic rings. The summed E-state index contributed by atoms with van der Waals surface area (Å²) in [5.41, 5.74) is 2.44. The highest BCUT2D eigenvalue weighted by molar-refractivity contribution is 5.19. The number of benzene rings is 1. The first-order valence-electron chi connectivity index (χ1n) is 5.70. The summed E-state index contributed by atoms with van der Waals surface area (Å²) in [5.74, 6) is -1.60. The molecular weight excluding hydrogens is 236 g/mol. The Morgan fingerprint density at radius 1 is 1.22 bits per heavy atom. The van der Waals surface area contributed by atoms with Crippen molar-refractivity contribution in [1.29, 1.82) is 0 Å². The van der Waals surface area contributed by atoms with Gasteiger partial charge in [0.05, 0.1) is 6.20 Å². The largest absolute Gasteiger partial charge is 0.308 e. The molecule has 0 aliphatic carbocycles. The van der Waals surface area contributed by atoms with Crippen LogP contribution >= 0.6 is 0 Å². The zero-order valence-electron chi connectivity index (χ0n) is 10.4. The molecule has 0 radical (unpaired) electrons. The van der Waals surface area contributed by atoms with Gasteiger partial charge in [-0.1, -0.05) is 12.1 Å². The second-order valence-corrected chi connectivity index (χ2v) is 4.20. The Labute approximate surface area is 104 Å². The SMILES string of the molecule is Cc1c(CNCc2cccc(F)c2F)cnn1C. The average Bonchev–Trinajstić information content (AvgIpc) is 2.66. The van der Waals surface area contributed by atoms with Crippen molar-refractivity contribution in [3.63, 3.8) is 0 Å². The van der Waals surface area contributed by atoms with E-state index in [1.807, 2.05) is 14.0 Å². The Bertz CT molecular complexity index is 549. The highest BCUT2D eigenvalue weighted by Crippen LogP contribution is 2.11. The van der Waals surface area contributed by atoms with E-state index in [1.54, 1.807) is 16.9 Å². The van der Waals surface area contributed by atoms with E-state index in [-0.39, 0.29) is 6.54 Å². The number of nitrogens with one attached hydrogen (secondary N) is 1. The zero-order valence-corrected chi connectivity index (χ0v) is 10.4. The molecule has 0 atom stereocenters. The first-order valence-corrected chi connectivity index (χ1v) is 5.70. The van der Waals surface area contributed by atoms with E-state index in [1.165, 1.54) is 6.07 Å². The topological polar surface area (TPSA) is 29.9 Å². The van der Waals surface area contributed by atoms with Crippen molar-refractivity contribution < 1.29 is 8.78 Å². The van der Waals surface area contributed by atoms with E-state index < -0.39 is 11.6 Å². The Kier molecular flexibility index (Phi) is 3.72. The summed E-state index contributed by atoms with van der Waals surface area (Å²) in [5, 5.41) is 7.20. The lowest BCUT2D eigenvalue weighted by Gasteiger charge is -2.06. The predicted octanol–water partition coefficient (Wildman–Crippen LogP) is 2.30. The quantitative estimate of drug-likeness (QED) is 0.903. The summed E-state index contributed by atoms with van der Waals surface area (Å²) >= 11 is 0. The number of rotatable bonds is 4. The van der Waals surface area contributed by atoms with E-state index in [9.17, 15) is 8.78 Å². The zero-order chi connectivity index (χ0) is 13.1. The molecule has 0 aliphatic heterocycles. The highest BCUT2D eigenvalue weighted by atomic mass is 19.2. The maximum absolute atomic E-state index is 13.4. The van der Waals surface area contributed by atoms with Gasteiger partial charge in [-0.3, -0.25) is 4.68 Å². The van der Waals surface area contributed by atoms with Crippen LogP contribution in [-0.4, -0.2) is 9.78 Å². The van der Waals surface area contributed by atoms with Crippen LogP contribution in [0.2, 0.25) is 0 Å². The Hall–Kier alpha value is -1.75. The fourth-order valence-corrected chi connectivity index (χ4v) is 1.73. The highest BCUT2D eigenvalue weighted by Gasteiger charge is 2.08. The van der Waals surface area contributed by atoms with Crippen LogP contribution in [0.5, 0.6) is 0 Å². The summed E-state index contributed by atoms with van der Waals surface area (Å²) in [6.07, 6.45) is 1.77. The standard InChI is InChI=1S/C13H15F2N3/c1-9-11(8-17-18(9)2)7-16-6-10-4-3-5-12(14)13(10)15/h3-5,8,16H,6-7H2,1-2H3. The number of hydrogen-bond donors (Lipinski definition) is 1. The molecule has 0 spiro atoms. The van der Waals surface area contributed by atoms with Gasteiger partial charge in [-0.2, -0.15) is 5.10 Å². The van der Waals surface area contributed by atoms with Crippen molar-refractivity contribution in [3.8, 4) is 0 Å². The van der Waals surface area contributed by atoms with Crippen LogP contribution in [0.3, 0.4) is 0 Å². The van der Waals surface area contributed by atoms with Crippen LogP contribution in [0.1, 0.15) is 16.8 Å². The van der Waals surface area contributed by atoms with Crippen LogP contribution in [0, 0.1) is 18.6 Å². The lowest BCUT2D eigenvalue weighted by atomic mass is 10.2. The molecule has 18 heavy (non-hydrogen) atoms. The molecule has 96 valence electrons. The molecule has 5 heteroatoms. The smallest absolute Gasteiger partial charge is 0.163 e. The number of aromatic nitrogens is 2. The third kappa shape index (κ3) is 2.56. The van der Waals surface area contributed by atoms with Gasteiger partial charge in [0.15, 0.2) is 11.6 Å². The fourth-order valence-electron chi connectivity index (χ4n) is 1.73. The molecule has 1 heterocycles. The maximum atomic E-state index is 13.4. The van der Waals surface area contributed by atoms with Gasteiger partial charge in [0.2, 0.25) is 0 Å². The molecular formula is C13H15F2N3. The summed E-state index contributed by atoms with van der Waals surface area (Å²) < 4.78 is 28.1. The van der Waals surface area contributed by atoms with Gasteiger partial charge in [0, 0.05) is 37.0 Å². The summed E-state index contributed by atoms with van der Waals surface area (Å²) in [4.78, 5) is 0. The van der Waals surface area contributed by atoms with Crippen LogP contribution < -0.4 is 5.32 Å². The number of halogens is 2. The van der Waals surface area contributed by atoms with Crippen LogP contribution in [-0.2, 0) is 20.1 Å². The molecule has 0 unspecified atom stereocenters. The number of nitrogens with zero attached hydrogens (tertiary/aromatic N) is 2. The minimum absolute atomic E-state index is 0.290. The molecule has 0 amide bonds. The monoisotopic (exact) mass is 251 g/mol. The third-order valence-electron chi connectivity index (χ3n) is 3.00. The summed E-state index contributed by atoms with van der Waals surface area (Å²) in [7, 11) is 1.87. The minimum Gasteiger partial charge on any atom is -0.308 e. The van der Waals surface area contributed by atoms with Crippen molar-refractivity contribution >= 4 is 0 Å². The van der Waals surface area contributed by atoms with Crippen molar-refractivity contribution in [2.75, 3.05) is 0 Å². The first-order chi connectivity index (χ1) is 8.59. The molecule has 0 aliphatic rings. The normalized spacial score (nSPS) is 10.9. The molecule has 0 saturated heterocycles. The third-order valence-corrected chi connectivity index (χ3v) is 3.00. The van der Waals surface area contributed by atoms with E-state index in [0.717, 1.165) is 17.3 Å². The average molecular weight is 251 g/mol. The van der Waals surface area contributed by atoms with Gasteiger partial charge < -0.3 is 5.32 Å². The van der Waals surface area contributed by atoms with E-state index in [0.29, 0.717) is 12.1 Å². The van der Waals surface area contributed by atoms with Crippen LogP contribution in [0.15, 0.2) is 24.4 Å². The predicted molar refractivity (Wildman–Crippen MR) is 64.8 cm³/mol. The van der Waals surface area contributed by atoms with Gasteiger partial charge in [-0.15, -0.1) is 0 Å². The Morgan fingerprint density at radius 2 is 1.94 bits per heavy atom. The molecule has 0 fully saturated rings. The number of aryl methyl sites for hydroxylation is 1. The van der Waals surface area contributed by atoms with Crippen molar-refractivity contribution in [3.05, 3.63) is 52.9 Å². The Balaban J connectivity index is 1.97. The van der Waals surface area contributed by atoms with Gasteiger partial charge in [0.25, 0.3) is 0 Å². The van der Waals surface area contributed by atoms with Gasteiger partial charge in [-0.05, 0) is 13.0 Å². The van der Waals surface area contributed by atoms with Crippen LogP contribution in [0.4, 0.5) is 8.78 Å². The summed E-state index contributed by atoms with van der Waals surface area (Å²) in [6.45, 7) is 2.83. The van der Waals surface area contributed by atoms with Gasteiger partial charge in [0.1, 0.15) is 0 Å². The first kappa shape index (κ1) is 12.7. The molecule has 1 N–H and O–H groups in total. The van der Waals surface area contributed by atoms with Gasteiger partial charge >= 0.3 is 0 Å². The fraction of sp³-hybridized carbons (Fsp3) is 0.308. The summed E-state index contributed by atoms with van der Waals surface area (Å²) in [6, 6.07) is 4.19. The molecule has 0 bridgehead atoms. The number of hydrogen-bond acceptors (Lipinski definition) is 2. The second-order valence-electron chi connectivity index (χ2n) is 4.20. The van der Waals surface area contributed by atoms with E-state index in [4.69, 9.17) is 0 Å². The second kappa shape index (κ2) is 5.27. The molecule has 2 rings (SSSR count). The Morgan fingerprint density at radius 3 is 2.61 bits per heavy atom. The lowest BCUT2D eigenvalue weighted by Crippen LogP contribution is -2.14. The molecule has 3 nitrogen and oxygen atoms in total. The van der Waals surface area contributed by atoms with Crippen LogP contribution in [0.25, 0.3) is 0 Å². The van der Waals surface area contributed by atoms with Gasteiger partial charge in [-0.25, -0.2) is 8.78 Å². The van der Waals surface area contributed by atoms with Crippen molar-refractivity contribution in [2.45, 2.75) is 20.0 Å². The molecule has 0 saturated carbocycles. The molecule has 1 aromatic carbocycles. The van der Waals surface area contributed by atoms with E-state index in [2.05, 4.69) is 10.4 Å². The van der Waals surface area contributed by atoms with Crippen molar-refractivity contribution in [2.24, 2.45) is 7.05 Å².